The minimum atomic E-state index is 0.228. The molecule has 1 heterocycles. The van der Waals surface area contributed by atoms with Crippen molar-refractivity contribution in [2.45, 2.75) is 59.0 Å². The topological polar surface area (TPSA) is 6.48 Å². The minimum absolute atomic E-state index is 0.228. The van der Waals surface area contributed by atoms with Crippen molar-refractivity contribution in [1.82, 2.24) is 4.90 Å². The van der Waals surface area contributed by atoms with Crippen LogP contribution in [0, 0.1) is 6.92 Å². The van der Waals surface area contributed by atoms with E-state index in [4.69, 9.17) is 0 Å². The van der Waals surface area contributed by atoms with Gasteiger partial charge >= 0.3 is 0 Å². The third kappa shape index (κ3) is 3.01. The maximum absolute atomic E-state index is 2.55. The normalized spacial score (nSPS) is 25.1. The summed E-state index contributed by atoms with van der Waals surface area (Å²) in [6, 6.07) is 8.21. The molecule has 20 heavy (non-hydrogen) atoms. The Labute approximate surface area is 124 Å². The number of nitrogens with zero attached hydrogens (tertiary/aromatic N) is 2. The fraction of sp³-hybridized carbons (Fsp3) is 0.667. The monoisotopic (exact) mass is 274 g/mol. The molecule has 0 spiro atoms. The van der Waals surface area contributed by atoms with Gasteiger partial charge in [-0.3, -0.25) is 4.90 Å². The highest BCUT2D eigenvalue weighted by molar-refractivity contribution is 5.56. The van der Waals surface area contributed by atoms with Crippen molar-refractivity contribution in [3.05, 3.63) is 29.3 Å². The van der Waals surface area contributed by atoms with Crippen LogP contribution in [0.1, 0.15) is 45.7 Å². The van der Waals surface area contributed by atoms with Crippen LogP contribution in [-0.2, 0) is 5.41 Å². The van der Waals surface area contributed by atoms with E-state index in [1.807, 2.05) is 0 Å². The average molecular weight is 274 g/mol. The van der Waals surface area contributed by atoms with Crippen LogP contribution in [0.3, 0.4) is 0 Å². The molecule has 0 saturated carbocycles. The zero-order valence-electron chi connectivity index (χ0n) is 14.2. The summed E-state index contributed by atoms with van der Waals surface area (Å²) in [5.41, 5.74) is 4.46. The summed E-state index contributed by atoms with van der Waals surface area (Å²) >= 11 is 0. The number of likely N-dealkylation sites (N-methyl/N-ethyl adjacent to an activating group) is 1. The number of piperazine rings is 1. The van der Waals surface area contributed by atoms with Gasteiger partial charge in [0.15, 0.2) is 0 Å². The summed E-state index contributed by atoms with van der Waals surface area (Å²) in [7, 11) is 2.24. The van der Waals surface area contributed by atoms with E-state index in [-0.39, 0.29) is 5.41 Å². The lowest BCUT2D eigenvalue weighted by atomic mass is 9.86. The van der Waals surface area contributed by atoms with Crippen molar-refractivity contribution >= 4 is 5.69 Å². The van der Waals surface area contributed by atoms with Crippen LogP contribution in [0.15, 0.2) is 18.2 Å². The first-order chi connectivity index (χ1) is 9.20. The van der Waals surface area contributed by atoms with Crippen LogP contribution in [0.4, 0.5) is 5.69 Å². The molecule has 0 aliphatic carbocycles. The summed E-state index contributed by atoms with van der Waals surface area (Å²) in [6.45, 7) is 16.0. The van der Waals surface area contributed by atoms with Gasteiger partial charge in [0.1, 0.15) is 0 Å². The van der Waals surface area contributed by atoms with Crippen LogP contribution in [0.2, 0.25) is 0 Å². The van der Waals surface area contributed by atoms with E-state index >= 15 is 0 Å². The predicted molar refractivity (Wildman–Crippen MR) is 88.8 cm³/mol. The van der Waals surface area contributed by atoms with E-state index in [0.717, 1.165) is 13.1 Å². The van der Waals surface area contributed by atoms with Crippen LogP contribution in [0.25, 0.3) is 0 Å². The van der Waals surface area contributed by atoms with Crippen molar-refractivity contribution in [2.75, 3.05) is 25.0 Å². The molecule has 2 rings (SSSR count). The van der Waals surface area contributed by atoms with Gasteiger partial charge in [-0.05, 0) is 50.4 Å². The van der Waals surface area contributed by atoms with Crippen LogP contribution in [0.5, 0.6) is 0 Å². The first-order valence-electron chi connectivity index (χ1n) is 7.78. The van der Waals surface area contributed by atoms with Gasteiger partial charge in [0.25, 0.3) is 0 Å². The Morgan fingerprint density at radius 1 is 1.05 bits per heavy atom. The molecule has 2 atom stereocenters. The molecule has 0 aromatic heterocycles. The third-order valence-electron chi connectivity index (χ3n) is 4.76. The van der Waals surface area contributed by atoms with Gasteiger partial charge in [0.05, 0.1) is 0 Å². The zero-order valence-corrected chi connectivity index (χ0v) is 14.2. The number of rotatable bonds is 1. The van der Waals surface area contributed by atoms with E-state index < -0.39 is 0 Å². The Kier molecular flexibility index (Phi) is 4.15. The van der Waals surface area contributed by atoms with Crippen LogP contribution >= 0.6 is 0 Å². The number of hydrogen-bond acceptors (Lipinski definition) is 2. The Morgan fingerprint density at radius 2 is 1.60 bits per heavy atom. The fourth-order valence-corrected chi connectivity index (χ4v) is 3.08. The Morgan fingerprint density at radius 3 is 2.05 bits per heavy atom. The lowest BCUT2D eigenvalue weighted by Crippen LogP contribution is -2.55. The lowest BCUT2D eigenvalue weighted by Gasteiger charge is -2.44. The molecule has 2 heteroatoms. The number of anilines is 1. The molecule has 0 N–H and O–H groups in total. The number of benzene rings is 1. The molecule has 0 bridgehead atoms. The number of hydrogen-bond donors (Lipinski definition) is 0. The molecule has 0 radical (unpaired) electrons. The van der Waals surface area contributed by atoms with E-state index in [0.29, 0.717) is 12.1 Å². The smallest absolute Gasteiger partial charge is 0.0397 e. The summed E-state index contributed by atoms with van der Waals surface area (Å²) in [4.78, 5) is 5.03. The van der Waals surface area contributed by atoms with Crippen molar-refractivity contribution in [2.24, 2.45) is 0 Å². The van der Waals surface area contributed by atoms with Gasteiger partial charge in [-0.1, -0.05) is 32.9 Å². The molecular weight excluding hydrogens is 244 g/mol. The quantitative estimate of drug-likeness (QED) is 0.768. The van der Waals surface area contributed by atoms with Gasteiger partial charge in [-0.15, -0.1) is 0 Å². The SMILES string of the molecule is Cc1cc(C(C)(C)C)ccc1N1C[C@@H](C)N(C)[C@@H](C)C1. The Bertz CT molecular complexity index is 461. The molecule has 1 aromatic rings. The molecule has 1 saturated heterocycles. The molecular formula is C18H30N2. The summed E-state index contributed by atoms with van der Waals surface area (Å²) in [5, 5.41) is 0. The number of aryl methyl sites for hydroxylation is 1. The molecule has 1 aliphatic rings. The maximum atomic E-state index is 2.55. The van der Waals surface area contributed by atoms with Crippen molar-refractivity contribution < 1.29 is 0 Å². The second-order valence-corrected chi connectivity index (χ2v) is 7.52. The fourth-order valence-electron chi connectivity index (χ4n) is 3.08. The van der Waals surface area contributed by atoms with Crippen molar-refractivity contribution in [1.29, 1.82) is 0 Å². The first-order valence-corrected chi connectivity index (χ1v) is 7.78. The van der Waals surface area contributed by atoms with Gasteiger partial charge in [-0.2, -0.15) is 0 Å². The average Bonchev–Trinajstić information content (AvgIpc) is 2.34. The maximum Gasteiger partial charge on any atom is 0.0397 e. The van der Waals surface area contributed by atoms with Crippen molar-refractivity contribution in [3.8, 4) is 0 Å². The predicted octanol–water partition coefficient (Wildman–Crippen LogP) is 3.82. The molecule has 1 aromatic carbocycles. The van der Waals surface area contributed by atoms with E-state index in [1.54, 1.807) is 0 Å². The second-order valence-electron chi connectivity index (χ2n) is 7.52. The lowest BCUT2D eigenvalue weighted by molar-refractivity contribution is 0.170. The van der Waals surface area contributed by atoms with Crippen LogP contribution < -0.4 is 4.90 Å². The standard InChI is InChI=1S/C18H30N2/c1-13-10-16(18(4,5)6)8-9-17(13)20-11-14(2)19(7)15(3)12-20/h8-10,14-15H,11-12H2,1-7H3/t14-,15+. The Balaban J connectivity index is 2.26. The van der Waals surface area contributed by atoms with Gasteiger partial charge in [0, 0.05) is 30.9 Å². The largest absolute Gasteiger partial charge is 0.368 e. The van der Waals surface area contributed by atoms with Gasteiger partial charge in [0.2, 0.25) is 0 Å². The summed E-state index contributed by atoms with van der Waals surface area (Å²) in [5.74, 6) is 0. The highest BCUT2D eigenvalue weighted by Crippen LogP contribution is 2.30. The Hall–Kier alpha value is -1.02. The van der Waals surface area contributed by atoms with E-state index in [1.165, 1.54) is 16.8 Å². The molecule has 1 aliphatic heterocycles. The summed E-state index contributed by atoms with van der Waals surface area (Å²) in [6.07, 6.45) is 0. The molecule has 0 unspecified atom stereocenters. The van der Waals surface area contributed by atoms with Gasteiger partial charge < -0.3 is 4.90 Å². The third-order valence-corrected chi connectivity index (χ3v) is 4.76. The highest BCUT2D eigenvalue weighted by atomic mass is 15.3. The first kappa shape index (κ1) is 15.4. The molecule has 112 valence electrons. The second kappa shape index (κ2) is 5.40. The van der Waals surface area contributed by atoms with E-state index in [9.17, 15) is 0 Å². The highest BCUT2D eigenvalue weighted by Gasteiger charge is 2.27. The molecule has 0 amide bonds. The molecule has 2 nitrogen and oxygen atoms in total. The van der Waals surface area contributed by atoms with E-state index in [2.05, 4.69) is 76.6 Å². The zero-order chi connectivity index (χ0) is 15.1. The van der Waals surface area contributed by atoms with Crippen LogP contribution in [-0.4, -0.2) is 37.1 Å². The molecule has 1 fully saturated rings. The van der Waals surface area contributed by atoms with Gasteiger partial charge in [-0.25, -0.2) is 0 Å². The minimum Gasteiger partial charge on any atom is -0.368 e. The van der Waals surface area contributed by atoms with Crippen molar-refractivity contribution in [3.63, 3.8) is 0 Å². The summed E-state index contributed by atoms with van der Waals surface area (Å²) < 4.78 is 0.